The molecule has 3 nitrogen and oxygen atoms in total. The minimum absolute atomic E-state index is 0.200. The van der Waals surface area contributed by atoms with Crippen LogP contribution < -0.4 is 14.7 Å². The molecule has 312 valence electrons. The van der Waals surface area contributed by atoms with Crippen molar-refractivity contribution in [3.05, 3.63) is 259 Å². The number of rotatable bonds is 10. The largest absolute Gasteiger partial charge is 0.310 e. The molecule has 0 radical (unpaired) electrons. The van der Waals surface area contributed by atoms with Crippen LogP contribution in [0.3, 0.4) is 0 Å². The Kier molecular flexibility index (Phi) is 10.1. The zero-order valence-corrected chi connectivity index (χ0v) is 36.9. The molecular formula is C62H49N3. The van der Waals surface area contributed by atoms with Gasteiger partial charge >= 0.3 is 0 Å². The van der Waals surface area contributed by atoms with Gasteiger partial charge in [-0.2, -0.15) is 0 Å². The Balaban J connectivity index is 1.24. The van der Waals surface area contributed by atoms with Gasteiger partial charge in [-0.05, 0) is 142 Å². The van der Waals surface area contributed by atoms with Crippen molar-refractivity contribution in [1.29, 1.82) is 0 Å². The van der Waals surface area contributed by atoms with Gasteiger partial charge in [0.2, 0.25) is 0 Å². The quantitative estimate of drug-likeness (QED) is 0.136. The van der Waals surface area contributed by atoms with Gasteiger partial charge in [0.25, 0.3) is 0 Å². The first-order chi connectivity index (χ1) is 31.9. The second-order valence-electron chi connectivity index (χ2n) is 17.5. The summed E-state index contributed by atoms with van der Waals surface area (Å²) in [5, 5.41) is 2.35. The van der Waals surface area contributed by atoms with Crippen LogP contribution >= 0.6 is 0 Å². The van der Waals surface area contributed by atoms with Gasteiger partial charge in [-0.25, -0.2) is 0 Å². The molecule has 0 atom stereocenters. The number of fused-ring (bicyclic) bond motifs is 4. The molecule has 0 fully saturated rings. The van der Waals surface area contributed by atoms with Crippen molar-refractivity contribution in [3.8, 4) is 22.3 Å². The zero-order valence-electron chi connectivity index (χ0n) is 36.9. The molecule has 65 heavy (non-hydrogen) atoms. The van der Waals surface area contributed by atoms with E-state index in [-0.39, 0.29) is 5.41 Å². The molecular weight excluding hydrogens is 787 g/mol. The molecule has 0 N–H and O–H groups in total. The lowest BCUT2D eigenvalue weighted by Crippen LogP contribution is -2.18. The molecule has 3 heteroatoms. The first kappa shape index (κ1) is 39.7. The molecule has 1 aliphatic rings. The molecule has 0 bridgehead atoms. The average molecular weight is 836 g/mol. The number of aryl methyl sites for hydroxylation is 1. The summed E-state index contributed by atoms with van der Waals surface area (Å²) in [5.74, 6) is 0. The van der Waals surface area contributed by atoms with Gasteiger partial charge in [-0.1, -0.05) is 166 Å². The van der Waals surface area contributed by atoms with E-state index in [9.17, 15) is 0 Å². The zero-order chi connectivity index (χ0) is 43.9. The van der Waals surface area contributed by atoms with E-state index in [1.54, 1.807) is 0 Å². The molecule has 11 rings (SSSR count). The molecule has 0 spiro atoms. The van der Waals surface area contributed by atoms with E-state index in [4.69, 9.17) is 0 Å². The molecule has 0 heterocycles. The third-order valence-corrected chi connectivity index (χ3v) is 13.1. The van der Waals surface area contributed by atoms with Crippen LogP contribution in [-0.4, -0.2) is 0 Å². The molecule has 10 aromatic carbocycles. The van der Waals surface area contributed by atoms with Gasteiger partial charge in [-0.15, -0.1) is 0 Å². The van der Waals surface area contributed by atoms with Gasteiger partial charge in [-0.3, -0.25) is 0 Å². The van der Waals surface area contributed by atoms with Crippen LogP contribution in [0.15, 0.2) is 243 Å². The summed E-state index contributed by atoms with van der Waals surface area (Å²) in [5.41, 5.74) is 18.4. The molecule has 0 saturated heterocycles. The van der Waals surface area contributed by atoms with E-state index < -0.39 is 0 Å². The molecule has 0 unspecified atom stereocenters. The highest BCUT2D eigenvalue weighted by Crippen LogP contribution is 2.53. The van der Waals surface area contributed by atoms with Crippen molar-refractivity contribution in [2.45, 2.75) is 26.2 Å². The number of para-hydroxylation sites is 4. The Morgan fingerprint density at radius 2 is 0.800 bits per heavy atom. The highest BCUT2D eigenvalue weighted by atomic mass is 15.2. The highest BCUT2D eigenvalue weighted by molar-refractivity contribution is 6.03. The normalized spacial score (nSPS) is 12.4. The Morgan fingerprint density at radius 3 is 1.34 bits per heavy atom. The molecule has 0 aliphatic heterocycles. The summed E-state index contributed by atoms with van der Waals surface area (Å²) in [4.78, 5) is 7.27. The standard InChI is InChI=1S/C62H49N3/c1-44-22-21-35-58-61(44)57-37-36-52(43-59(57)62(58,2)3)65(60-39-47(45-23-9-4-10-24-45)38-46-25-19-20-34-56(46)60)55-41-53(63(48-26-11-5-12-27-48)49-28-13-6-14-29-49)40-54(42-55)64(50-30-15-7-16-31-50)51-32-17-8-18-33-51/h4-43H,1-3H3. The summed E-state index contributed by atoms with van der Waals surface area (Å²) in [6, 6.07) is 88.2. The maximum absolute atomic E-state index is 2.51. The summed E-state index contributed by atoms with van der Waals surface area (Å²) in [6.45, 7) is 7.00. The number of anilines is 9. The number of nitrogens with zero attached hydrogens (tertiary/aromatic N) is 3. The predicted octanol–water partition coefficient (Wildman–Crippen LogP) is 17.5. The maximum Gasteiger partial charge on any atom is 0.0546 e. The van der Waals surface area contributed by atoms with E-state index in [0.29, 0.717) is 0 Å². The summed E-state index contributed by atoms with van der Waals surface area (Å²) >= 11 is 0. The topological polar surface area (TPSA) is 9.72 Å². The van der Waals surface area contributed by atoms with Gasteiger partial charge in [0.15, 0.2) is 0 Å². The lowest BCUT2D eigenvalue weighted by atomic mass is 9.82. The minimum atomic E-state index is -0.200. The predicted molar refractivity (Wildman–Crippen MR) is 276 cm³/mol. The van der Waals surface area contributed by atoms with Gasteiger partial charge in [0.05, 0.1) is 22.7 Å². The van der Waals surface area contributed by atoms with E-state index in [1.165, 1.54) is 44.2 Å². The Morgan fingerprint density at radius 1 is 0.323 bits per heavy atom. The van der Waals surface area contributed by atoms with Crippen LogP contribution in [0, 0.1) is 6.92 Å². The highest BCUT2D eigenvalue weighted by Gasteiger charge is 2.37. The van der Waals surface area contributed by atoms with Crippen molar-refractivity contribution in [1.82, 2.24) is 0 Å². The number of hydrogen-bond acceptors (Lipinski definition) is 3. The lowest BCUT2D eigenvalue weighted by molar-refractivity contribution is 0.660. The monoisotopic (exact) mass is 835 g/mol. The Bertz CT molecular complexity index is 3110. The fourth-order valence-electron chi connectivity index (χ4n) is 9.97. The molecule has 0 saturated carbocycles. The molecule has 10 aromatic rings. The van der Waals surface area contributed by atoms with Crippen LogP contribution in [0.5, 0.6) is 0 Å². The second-order valence-corrected chi connectivity index (χ2v) is 17.5. The first-order valence-electron chi connectivity index (χ1n) is 22.5. The van der Waals surface area contributed by atoms with Gasteiger partial charge < -0.3 is 14.7 Å². The van der Waals surface area contributed by atoms with Crippen LogP contribution in [0.2, 0.25) is 0 Å². The fourth-order valence-corrected chi connectivity index (χ4v) is 9.97. The van der Waals surface area contributed by atoms with E-state index in [2.05, 4.69) is 278 Å². The molecule has 1 aliphatic carbocycles. The van der Waals surface area contributed by atoms with Gasteiger partial charge in [0, 0.05) is 39.2 Å². The first-order valence-corrected chi connectivity index (χ1v) is 22.5. The van der Waals surface area contributed by atoms with E-state index in [0.717, 1.165) is 56.7 Å². The van der Waals surface area contributed by atoms with Crippen molar-refractivity contribution < 1.29 is 0 Å². The van der Waals surface area contributed by atoms with Crippen molar-refractivity contribution in [2.75, 3.05) is 14.7 Å². The Hall–Kier alpha value is -8.14. The maximum atomic E-state index is 2.51. The van der Waals surface area contributed by atoms with Crippen molar-refractivity contribution in [3.63, 3.8) is 0 Å². The second kappa shape index (κ2) is 16.5. The Labute approximate surface area is 382 Å². The van der Waals surface area contributed by atoms with Crippen molar-refractivity contribution >= 4 is 62.0 Å². The summed E-state index contributed by atoms with van der Waals surface area (Å²) in [7, 11) is 0. The molecule has 0 amide bonds. The minimum Gasteiger partial charge on any atom is -0.310 e. The van der Waals surface area contributed by atoms with Crippen LogP contribution in [0.25, 0.3) is 33.0 Å². The van der Waals surface area contributed by atoms with Crippen LogP contribution in [-0.2, 0) is 5.41 Å². The SMILES string of the molecule is Cc1cccc2c1-c1ccc(N(c3cc(N(c4ccccc4)c4ccccc4)cc(N(c4ccccc4)c4ccccc4)c3)c3cc(-c4ccccc4)cc4ccccc34)cc1C2(C)C. The third kappa shape index (κ3) is 7.22. The van der Waals surface area contributed by atoms with Crippen molar-refractivity contribution in [2.24, 2.45) is 0 Å². The number of benzene rings is 10. The molecule has 0 aromatic heterocycles. The third-order valence-electron chi connectivity index (χ3n) is 13.1. The average Bonchev–Trinajstić information content (AvgIpc) is 3.59. The number of hydrogen-bond donors (Lipinski definition) is 0. The summed E-state index contributed by atoms with van der Waals surface area (Å²) in [6.07, 6.45) is 0. The van der Waals surface area contributed by atoms with Crippen LogP contribution in [0.1, 0.15) is 30.5 Å². The lowest BCUT2D eigenvalue weighted by Gasteiger charge is -2.34. The van der Waals surface area contributed by atoms with E-state index in [1.807, 2.05) is 0 Å². The fraction of sp³-hybridized carbons (Fsp3) is 0.0645. The summed E-state index contributed by atoms with van der Waals surface area (Å²) < 4.78 is 0. The van der Waals surface area contributed by atoms with E-state index >= 15 is 0 Å². The van der Waals surface area contributed by atoms with Gasteiger partial charge in [0.1, 0.15) is 0 Å². The smallest absolute Gasteiger partial charge is 0.0546 e. The van der Waals surface area contributed by atoms with Crippen LogP contribution in [0.4, 0.5) is 51.2 Å².